The Labute approximate surface area is 247 Å². The van der Waals surface area contributed by atoms with Gasteiger partial charge in [-0.25, -0.2) is 8.78 Å². The minimum Gasteiger partial charge on any atom is -0.344 e. The Balaban J connectivity index is 1.60. The molecule has 0 unspecified atom stereocenters. The van der Waals surface area contributed by atoms with Crippen LogP contribution in [-0.2, 0) is 20.8 Å². The lowest BCUT2D eigenvalue weighted by Gasteiger charge is -2.30. The van der Waals surface area contributed by atoms with E-state index in [4.69, 9.17) is 11.6 Å². The zero-order valence-electron chi connectivity index (χ0n) is 22.9. The lowest BCUT2D eigenvalue weighted by atomic mass is 10.0. The van der Waals surface area contributed by atoms with Gasteiger partial charge in [0, 0.05) is 29.1 Å². The third kappa shape index (κ3) is 7.84. The molecule has 0 radical (unpaired) electrons. The van der Waals surface area contributed by atoms with Crippen molar-refractivity contribution in [1.82, 2.24) is 15.5 Å². The van der Waals surface area contributed by atoms with Gasteiger partial charge in [-0.2, -0.15) is 0 Å². The van der Waals surface area contributed by atoms with E-state index in [1.54, 1.807) is 17.0 Å². The molecule has 1 heterocycles. The molecular formula is C30H31ClF2N4O3S. The predicted molar refractivity (Wildman–Crippen MR) is 157 cm³/mol. The molecule has 1 aliphatic rings. The Morgan fingerprint density at radius 3 is 2.39 bits per heavy atom. The van der Waals surface area contributed by atoms with E-state index >= 15 is 0 Å². The number of anilines is 1. The molecule has 0 aliphatic carbocycles. The third-order valence-corrected chi connectivity index (χ3v) is 8.19. The molecule has 0 saturated heterocycles. The van der Waals surface area contributed by atoms with E-state index in [1.165, 1.54) is 18.7 Å². The lowest BCUT2D eigenvalue weighted by Crippen LogP contribution is -2.55. The monoisotopic (exact) mass is 600 g/mol. The summed E-state index contributed by atoms with van der Waals surface area (Å²) in [6.07, 6.45) is -0.314. The Kier molecular flexibility index (Phi) is 10.0. The van der Waals surface area contributed by atoms with Gasteiger partial charge in [-0.05, 0) is 62.5 Å². The molecule has 11 heteroatoms. The number of benzene rings is 3. The van der Waals surface area contributed by atoms with Crippen molar-refractivity contribution in [2.75, 3.05) is 32.1 Å². The summed E-state index contributed by atoms with van der Waals surface area (Å²) >= 11 is 7.79. The molecule has 41 heavy (non-hydrogen) atoms. The minimum absolute atomic E-state index is 0.139. The molecule has 0 fully saturated rings. The summed E-state index contributed by atoms with van der Waals surface area (Å²) in [4.78, 5) is 44.6. The van der Waals surface area contributed by atoms with E-state index in [0.29, 0.717) is 23.8 Å². The quantitative estimate of drug-likeness (QED) is 0.375. The van der Waals surface area contributed by atoms with Crippen LogP contribution in [-0.4, -0.2) is 61.9 Å². The topological polar surface area (TPSA) is 81.8 Å². The fourth-order valence-electron chi connectivity index (χ4n) is 4.53. The zero-order valence-corrected chi connectivity index (χ0v) is 24.4. The first-order valence-electron chi connectivity index (χ1n) is 13.0. The molecule has 216 valence electrons. The number of fused-ring (bicyclic) bond motifs is 1. The molecule has 3 amide bonds. The molecule has 3 aromatic rings. The highest BCUT2D eigenvalue weighted by molar-refractivity contribution is 7.99. The standard InChI is InChI=1S/C30H31ClF2N4O3S/c1-18(34-26(38)15-19-13-22(32)17-23(33)14-19)29(39)35-27-28(20-7-5-4-6-8-20)41-25-10-9-21(31)16-24(25)37(30(27)40)12-11-36(2)3/h4-10,13-14,16-18,27-28H,11-12,15H2,1-3H3,(H,34,38)(H,35,39)/t18-,27-,28+/m0/s1. The van der Waals surface area contributed by atoms with Crippen molar-refractivity contribution in [1.29, 1.82) is 0 Å². The number of amides is 3. The van der Waals surface area contributed by atoms with Gasteiger partial charge in [-0.15, -0.1) is 11.8 Å². The molecule has 7 nitrogen and oxygen atoms in total. The van der Waals surface area contributed by atoms with Crippen LogP contribution in [0.4, 0.5) is 14.5 Å². The van der Waals surface area contributed by atoms with Crippen molar-refractivity contribution in [3.63, 3.8) is 0 Å². The average molecular weight is 601 g/mol. The van der Waals surface area contributed by atoms with E-state index in [1.807, 2.05) is 55.4 Å². The van der Waals surface area contributed by atoms with Gasteiger partial charge in [-0.1, -0.05) is 41.9 Å². The summed E-state index contributed by atoms with van der Waals surface area (Å²) < 4.78 is 27.1. The van der Waals surface area contributed by atoms with Crippen molar-refractivity contribution in [2.45, 2.75) is 35.6 Å². The molecule has 4 rings (SSSR count). The maximum atomic E-state index is 14.2. The maximum Gasteiger partial charge on any atom is 0.251 e. The van der Waals surface area contributed by atoms with Crippen LogP contribution >= 0.6 is 23.4 Å². The highest BCUT2D eigenvalue weighted by Gasteiger charge is 2.40. The summed E-state index contributed by atoms with van der Waals surface area (Å²) in [6, 6.07) is 15.7. The van der Waals surface area contributed by atoms with Crippen LogP contribution in [0.2, 0.25) is 5.02 Å². The van der Waals surface area contributed by atoms with Crippen LogP contribution in [0.15, 0.2) is 71.6 Å². The SMILES string of the molecule is C[C@H](NC(=O)Cc1cc(F)cc(F)c1)C(=O)N[C@@H]1C(=O)N(CCN(C)C)c2cc(Cl)ccc2S[C@@H]1c1ccccc1. The van der Waals surface area contributed by atoms with Crippen molar-refractivity contribution < 1.29 is 23.2 Å². The Bertz CT molecular complexity index is 1410. The molecule has 1 aliphatic heterocycles. The summed E-state index contributed by atoms with van der Waals surface area (Å²) in [5, 5.41) is 5.45. The average Bonchev–Trinajstić information content (AvgIpc) is 3.01. The van der Waals surface area contributed by atoms with Crippen LogP contribution in [0.3, 0.4) is 0 Å². The van der Waals surface area contributed by atoms with Crippen LogP contribution in [0.5, 0.6) is 0 Å². The summed E-state index contributed by atoms with van der Waals surface area (Å²) in [6.45, 7) is 2.43. The number of hydrogen-bond acceptors (Lipinski definition) is 5. The molecule has 0 saturated carbocycles. The first-order chi connectivity index (χ1) is 19.5. The molecular weight excluding hydrogens is 570 g/mol. The summed E-state index contributed by atoms with van der Waals surface area (Å²) in [7, 11) is 3.81. The molecule has 3 aromatic carbocycles. The van der Waals surface area contributed by atoms with E-state index < -0.39 is 40.8 Å². The van der Waals surface area contributed by atoms with E-state index in [-0.39, 0.29) is 17.9 Å². The zero-order chi connectivity index (χ0) is 29.7. The summed E-state index contributed by atoms with van der Waals surface area (Å²) in [5.74, 6) is -3.06. The van der Waals surface area contributed by atoms with Crippen LogP contribution in [0.1, 0.15) is 23.3 Å². The fraction of sp³-hybridized carbons (Fsp3) is 0.300. The number of carbonyl (C=O) groups excluding carboxylic acids is 3. The largest absolute Gasteiger partial charge is 0.344 e. The number of hydrogen-bond donors (Lipinski definition) is 2. The molecule has 2 N–H and O–H groups in total. The Morgan fingerprint density at radius 1 is 1.05 bits per heavy atom. The summed E-state index contributed by atoms with van der Waals surface area (Å²) in [5.41, 5.74) is 1.65. The van der Waals surface area contributed by atoms with Gasteiger partial charge in [0.05, 0.1) is 17.4 Å². The number of nitrogens with one attached hydrogen (secondary N) is 2. The second-order valence-electron chi connectivity index (χ2n) is 10.1. The molecule has 0 aromatic heterocycles. The predicted octanol–water partition coefficient (Wildman–Crippen LogP) is 4.59. The van der Waals surface area contributed by atoms with Gasteiger partial charge in [-0.3, -0.25) is 14.4 Å². The highest BCUT2D eigenvalue weighted by Crippen LogP contribution is 2.46. The highest BCUT2D eigenvalue weighted by atomic mass is 35.5. The van der Waals surface area contributed by atoms with Crippen LogP contribution in [0, 0.1) is 11.6 Å². The van der Waals surface area contributed by atoms with Gasteiger partial charge in [0.1, 0.15) is 23.7 Å². The number of halogens is 3. The number of nitrogens with zero attached hydrogens (tertiary/aromatic N) is 2. The number of thioether (sulfide) groups is 1. The van der Waals surface area contributed by atoms with E-state index in [0.717, 1.165) is 28.7 Å². The van der Waals surface area contributed by atoms with Crippen LogP contribution < -0.4 is 15.5 Å². The second kappa shape index (κ2) is 13.5. The van der Waals surface area contributed by atoms with Crippen molar-refractivity contribution in [3.05, 3.63) is 94.5 Å². The van der Waals surface area contributed by atoms with E-state index in [9.17, 15) is 23.2 Å². The smallest absolute Gasteiger partial charge is 0.251 e. The third-order valence-electron chi connectivity index (χ3n) is 6.56. The van der Waals surface area contributed by atoms with Crippen molar-refractivity contribution in [3.8, 4) is 0 Å². The normalized spacial score (nSPS) is 17.5. The Hall–Kier alpha value is -3.47. The molecule has 0 bridgehead atoms. The lowest BCUT2D eigenvalue weighted by molar-refractivity contribution is -0.130. The van der Waals surface area contributed by atoms with E-state index in [2.05, 4.69) is 10.6 Å². The number of carbonyl (C=O) groups is 3. The van der Waals surface area contributed by atoms with Crippen LogP contribution in [0.25, 0.3) is 0 Å². The first kappa shape index (κ1) is 30.5. The van der Waals surface area contributed by atoms with Gasteiger partial charge in [0.2, 0.25) is 11.8 Å². The van der Waals surface area contributed by atoms with Crippen molar-refractivity contribution >= 4 is 46.8 Å². The maximum absolute atomic E-state index is 14.2. The van der Waals surface area contributed by atoms with Gasteiger partial charge >= 0.3 is 0 Å². The fourth-order valence-corrected chi connectivity index (χ4v) is 6.02. The van der Waals surface area contributed by atoms with Crippen molar-refractivity contribution in [2.24, 2.45) is 0 Å². The van der Waals surface area contributed by atoms with Gasteiger partial charge < -0.3 is 20.4 Å². The van der Waals surface area contributed by atoms with Gasteiger partial charge in [0.25, 0.3) is 5.91 Å². The number of likely N-dealkylation sites (N-methyl/N-ethyl adjacent to an activating group) is 1. The molecule has 0 spiro atoms. The Morgan fingerprint density at radius 2 is 1.73 bits per heavy atom. The minimum atomic E-state index is -1.02. The first-order valence-corrected chi connectivity index (χ1v) is 14.3. The number of rotatable bonds is 9. The molecule has 3 atom stereocenters. The van der Waals surface area contributed by atoms with Gasteiger partial charge in [0.15, 0.2) is 0 Å². The second-order valence-corrected chi connectivity index (χ2v) is 11.7.